The SMILES string of the molecule is Cc1ccc(S(=O)(=O)[C@@H](C#N)c2nc3ccccc3nc2N2CCN(C)CC2)cc1. The maximum absolute atomic E-state index is 13.4. The van der Waals surface area contributed by atoms with Crippen LogP contribution in [0.2, 0.25) is 0 Å². The highest BCUT2D eigenvalue weighted by atomic mass is 32.2. The lowest BCUT2D eigenvalue weighted by Crippen LogP contribution is -2.45. The molecule has 0 amide bonds. The normalized spacial score (nSPS) is 16.4. The summed E-state index contributed by atoms with van der Waals surface area (Å²) >= 11 is 0. The number of likely N-dealkylation sites (N-methyl/N-ethyl adjacent to an activating group) is 1. The number of nitrogens with zero attached hydrogens (tertiary/aromatic N) is 5. The van der Waals surface area contributed by atoms with Crippen LogP contribution in [0.5, 0.6) is 0 Å². The number of rotatable bonds is 4. The Labute approximate surface area is 176 Å². The molecule has 1 aliphatic heterocycles. The molecule has 0 unspecified atom stereocenters. The van der Waals surface area contributed by atoms with Crippen molar-refractivity contribution in [3.8, 4) is 6.07 Å². The zero-order valence-electron chi connectivity index (χ0n) is 17.0. The van der Waals surface area contributed by atoms with Crippen molar-refractivity contribution in [1.82, 2.24) is 14.9 Å². The number of benzene rings is 2. The van der Waals surface area contributed by atoms with Crippen LogP contribution in [-0.4, -0.2) is 56.5 Å². The van der Waals surface area contributed by atoms with Gasteiger partial charge in [0.2, 0.25) is 9.84 Å². The van der Waals surface area contributed by atoms with E-state index in [9.17, 15) is 13.7 Å². The van der Waals surface area contributed by atoms with Gasteiger partial charge in [0.1, 0.15) is 5.69 Å². The van der Waals surface area contributed by atoms with E-state index in [-0.39, 0.29) is 10.6 Å². The van der Waals surface area contributed by atoms with Gasteiger partial charge in [-0.2, -0.15) is 5.26 Å². The number of aromatic nitrogens is 2. The minimum atomic E-state index is -3.96. The van der Waals surface area contributed by atoms with E-state index >= 15 is 0 Å². The molecule has 0 saturated carbocycles. The second-order valence-electron chi connectivity index (χ2n) is 7.58. The van der Waals surface area contributed by atoms with Crippen molar-refractivity contribution in [2.75, 3.05) is 38.1 Å². The number of piperazine rings is 1. The average Bonchev–Trinajstić information content (AvgIpc) is 2.74. The van der Waals surface area contributed by atoms with Gasteiger partial charge in [-0.25, -0.2) is 18.4 Å². The first-order chi connectivity index (χ1) is 14.4. The summed E-state index contributed by atoms with van der Waals surface area (Å²) in [5.74, 6) is 0.476. The molecule has 30 heavy (non-hydrogen) atoms. The van der Waals surface area contributed by atoms with Gasteiger partial charge in [-0.05, 0) is 38.2 Å². The van der Waals surface area contributed by atoms with Gasteiger partial charge in [0.25, 0.3) is 0 Å². The minimum absolute atomic E-state index is 0.110. The Balaban J connectivity index is 1.87. The summed E-state index contributed by atoms with van der Waals surface area (Å²) < 4.78 is 26.8. The van der Waals surface area contributed by atoms with Crippen LogP contribution in [0.3, 0.4) is 0 Å². The van der Waals surface area contributed by atoms with E-state index in [4.69, 9.17) is 4.98 Å². The summed E-state index contributed by atoms with van der Waals surface area (Å²) in [5, 5.41) is 8.51. The molecular formula is C22H23N5O2S. The minimum Gasteiger partial charge on any atom is -0.352 e. The van der Waals surface area contributed by atoms with Crippen molar-refractivity contribution < 1.29 is 8.42 Å². The van der Waals surface area contributed by atoms with Gasteiger partial charge in [0, 0.05) is 26.2 Å². The molecule has 0 radical (unpaired) electrons. The summed E-state index contributed by atoms with van der Waals surface area (Å²) in [4.78, 5) is 13.7. The fourth-order valence-electron chi connectivity index (χ4n) is 3.57. The van der Waals surface area contributed by atoms with Crippen molar-refractivity contribution >= 4 is 26.7 Å². The molecule has 0 N–H and O–H groups in total. The first kappa shape index (κ1) is 20.3. The molecule has 0 aliphatic carbocycles. The molecule has 3 aromatic rings. The molecule has 0 spiro atoms. The van der Waals surface area contributed by atoms with Crippen LogP contribution in [0.4, 0.5) is 5.82 Å². The number of para-hydroxylation sites is 2. The second-order valence-corrected chi connectivity index (χ2v) is 9.61. The smallest absolute Gasteiger partial charge is 0.200 e. The van der Waals surface area contributed by atoms with Crippen LogP contribution in [0.1, 0.15) is 16.5 Å². The lowest BCUT2D eigenvalue weighted by Gasteiger charge is -2.34. The quantitative estimate of drug-likeness (QED) is 0.640. The Morgan fingerprint density at radius 3 is 2.17 bits per heavy atom. The lowest BCUT2D eigenvalue weighted by molar-refractivity contribution is 0.312. The maximum atomic E-state index is 13.4. The Hall–Kier alpha value is -3.02. The van der Waals surface area contributed by atoms with Crippen LogP contribution >= 0.6 is 0 Å². The standard InChI is InChI=1S/C22H23N5O2S/c1-16-7-9-17(10-8-16)30(28,29)20(15-23)21-22(27-13-11-26(2)12-14-27)25-19-6-4-3-5-18(19)24-21/h3-10,20H,11-14H2,1-2H3/t20-/m0/s1. The van der Waals surface area contributed by atoms with Gasteiger partial charge in [-0.3, -0.25) is 0 Å². The molecular weight excluding hydrogens is 398 g/mol. The molecule has 2 aromatic carbocycles. The average molecular weight is 422 g/mol. The van der Waals surface area contributed by atoms with Gasteiger partial charge >= 0.3 is 0 Å². The fourth-order valence-corrected chi connectivity index (χ4v) is 4.95. The van der Waals surface area contributed by atoms with Gasteiger partial charge < -0.3 is 9.80 Å². The molecule has 7 nitrogen and oxygen atoms in total. The predicted octanol–water partition coefficient (Wildman–Crippen LogP) is 2.73. The molecule has 1 atom stereocenters. The third-order valence-electron chi connectivity index (χ3n) is 5.41. The highest BCUT2D eigenvalue weighted by molar-refractivity contribution is 7.92. The van der Waals surface area contributed by atoms with Crippen molar-refractivity contribution in [3.05, 3.63) is 59.8 Å². The first-order valence-electron chi connectivity index (χ1n) is 9.80. The van der Waals surface area contributed by atoms with Crippen molar-refractivity contribution in [3.63, 3.8) is 0 Å². The molecule has 1 fully saturated rings. The highest BCUT2D eigenvalue weighted by Gasteiger charge is 2.35. The molecule has 4 rings (SSSR count). The molecule has 1 aliphatic rings. The van der Waals surface area contributed by atoms with Gasteiger partial charge in [-0.1, -0.05) is 29.8 Å². The topological polar surface area (TPSA) is 90.2 Å². The van der Waals surface area contributed by atoms with Crippen LogP contribution in [0.15, 0.2) is 53.4 Å². The second kappa shape index (κ2) is 8.01. The van der Waals surface area contributed by atoms with Crippen LogP contribution in [0.25, 0.3) is 11.0 Å². The Morgan fingerprint density at radius 1 is 0.967 bits per heavy atom. The van der Waals surface area contributed by atoms with Crippen molar-refractivity contribution in [2.24, 2.45) is 0 Å². The summed E-state index contributed by atoms with van der Waals surface area (Å²) in [6, 6.07) is 15.9. The number of nitriles is 1. The van der Waals surface area contributed by atoms with Crippen molar-refractivity contribution in [2.45, 2.75) is 17.1 Å². The Kier molecular flexibility index (Phi) is 5.41. The fraction of sp³-hybridized carbons (Fsp3) is 0.318. The van der Waals surface area contributed by atoms with Crippen LogP contribution in [-0.2, 0) is 9.84 Å². The van der Waals surface area contributed by atoms with E-state index in [2.05, 4.69) is 9.88 Å². The third kappa shape index (κ3) is 3.74. The molecule has 0 bridgehead atoms. The zero-order valence-corrected chi connectivity index (χ0v) is 17.8. The number of sulfone groups is 1. The lowest BCUT2D eigenvalue weighted by atomic mass is 10.2. The third-order valence-corrected chi connectivity index (χ3v) is 7.28. The number of aryl methyl sites for hydroxylation is 1. The van der Waals surface area contributed by atoms with E-state index in [0.717, 1.165) is 18.7 Å². The van der Waals surface area contributed by atoms with Gasteiger partial charge in [-0.15, -0.1) is 0 Å². The van der Waals surface area contributed by atoms with Crippen LogP contribution in [0, 0.1) is 18.3 Å². The Morgan fingerprint density at radius 2 is 1.57 bits per heavy atom. The molecule has 1 saturated heterocycles. The summed E-state index contributed by atoms with van der Waals surface area (Å²) in [6.07, 6.45) is 0. The van der Waals surface area contributed by atoms with E-state index in [0.29, 0.717) is 29.9 Å². The van der Waals surface area contributed by atoms with E-state index in [1.54, 1.807) is 30.3 Å². The van der Waals surface area contributed by atoms with Crippen LogP contribution < -0.4 is 4.90 Å². The van der Waals surface area contributed by atoms with E-state index in [1.807, 2.05) is 43.1 Å². The number of fused-ring (bicyclic) bond motifs is 1. The number of hydrogen-bond donors (Lipinski definition) is 0. The Bertz CT molecular complexity index is 1210. The van der Waals surface area contributed by atoms with Gasteiger partial charge in [0.05, 0.1) is 22.0 Å². The first-order valence-corrected chi connectivity index (χ1v) is 11.3. The number of anilines is 1. The number of hydrogen-bond acceptors (Lipinski definition) is 7. The molecule has 8 heteroatoms. The highest BCUT2D eigenvalue weighted by Crippen LogP contribution is 2.34. The predicted molar refractivity (Wildman–Crippen MR) is 116 cm³/mol. The summed E-state index contributed by atoms with van der Waals surface area (Å²) in [5.41, 5.74) is 2.40. The molecule has 154 valence electrons. The zero-order chi connectivity index (χ0) is 21.3. The van der Waals surface area contributed by atoms with E-state index in [1.165, 1.54) is 0 Å². The van der Waals surface area contributed by atoms with E-state index < -0.39 is 15.1 Å². The molecule has 1 aromatic heterocycles. The van der Waals surface area contributed by atoms with Gasteiger partial charge in [0.15, 0.2) is 11.1 Å². The summed E-state index contributed by atoms with van der Waals surface area (Å²) in [7, 11) is -1.92. The summed E-state index contributed by atoms with van der Waals surface area (Å²) in [6.45, 7) is 4.93. The monoisotopic (exact) mass is 421 g/mol. The maximum Gasteiger partial charge on any atom is 0.200 e. The molecule has 2 heterocycles. The largest absolute Gasteiger partial charge is 0.352 e. The van der Waals surface area contributed by atoms with Crippen molar-refractivity contribution in [1.29, 1.82) is 5.26 Å².